The van der Waals surface area contributed by atoms with Crippen LogP contribution in [0.15, 0.2) is 30.3 Å². The minimum Gasteiger partial charge on any atom is -0.495 e. The fourth-order valence-corrected chi connectivity index (χ4v) is 2.06. The molecule has 0 atom stereocenters. The topological polar surface area (TPSA) is 76.1 Å². The Labute approximate surface area is 128 Å². The number of hydrogen-bond acceptors (Lipinski definition) is 5. The number of carbonyl (C=O) groups excluding carboxylic acids is 1. The molecule has 0 spiro atoms. The summed E-state index contributed by atoms with van der Waals surface area (Å²) in [6.07, 6.45) is 2.10. The first-order valence-corrected chi connectivity index (χ1v) is 7.22. The minimum atomic E-state index is -0.172. The molecule has 0 saturated heterocycles. The number of hydrogen-bond donors (Lipinski definition) is 2. The summed E-state index contributed by atoms with van der Waals surface area (Å²) in [4.78, 5) is 11.9. The van der Waals surface area contributed by atoms with Gasteiger partial charge in [0.15, 0.2) is 11.5 Å². The quantitative estimate of drug-likeness (QED) is 0.886. The van der Waals surface area contributed by atoms with Crippen molar-refractivity contribution in [3.63, 3.8) is 0 Å². The third-order valence-corrected chi connectivity index (χ3v) is 3.43. The van der Waals surface area contributed by atoms with Crippen LogP contribution < -0.4 is 15.4 Å². The van der Waals surface area contributed by atoms with Crippen molar-refractivity contribution in [2.75, 3.05) is 12.4 Å². The maximum Gasteiger partial charge on any atom is 0.272 e. The lowest BCUT2D eigenvalue weighted by Crippen LogP contribution is -2.26. The van der Waals surface area contributed by atoms with E-state index in [2.05, 4.69) is 20.8 Å². The molecule has 3 rings (SSSR count). The molecule has 1 aromatic carbocycles. The number of methoxy groups -OCH3 is 1. The molecule has 22 heavy (non-hydrogen) atoms. The van der Waals surface area contributed by atoms with E-state index in [1.807, 2.05) is 25.1 Å². The number of amides is 1. The molecule has 114 valence electrons. The van der Waals surface area contributed by atoms with Crippen LogP contribution in [-0.2, 0) is 0 Å². The third-order valence-electron chi connectivity index (χ3n) is 3.43. The summed E-state index contributed by atoms with van der Waals surface area (Å²) >= 11 is 0. The van der Waals surface area contributed by atoms with Crippen LogP contribution >= 0.6 is 0 Å². The number of benzene rings is 1. The predicted molar refractivity (Wildman–Crippen MR) is 83.5 cm³/mol. The second kappa shape index (κ2) is 6.01. The molecule has 1 saturated carbocycles. The maximum atomic E-state index is 11.9. The van der Waals surface area contributed by atoms with Crippen LogP contribution in [0.25, 0.3) is 0 Å². The molecule has 0 bridgehead atoms. The summed E-state index contributed by atoms with van der Waals surface area (Å²) in [5.41, 5.74) is 2.25. The molecule has 0 radical (unpaired) electrons. The van der Waals surface area contributed by atoms with Crippen LogP contribution in [0.5, 0.6) is 5.75 Å². The lowest BCUT2D eigenvalue weighted by Gasteiger charge is -2.11. The SMILES string of the molecule is COc1ccc(C)cc1Nc1ccc(C(=O)NC2CC2)nn1. The van der Waals surface area contributed by atoms with E-state index in [4.69, 9.17) is 4.74 Å². The van der Waals surface area contributed by atoms with Gasteiger partial charge in [0.1, 0.15) is 5.75 Å². The molecule has 1 heterocycles. The standard InChI is InChI=1S/C16H18N4O2/c1-10-3-7-14(22-2)13(9-10)18-15-8-6-12(19-20-15)16(21)17-11-4-5-11/h3,6-9,11H,4-5H2,1-2H3,(H,17,21)(H,18,20). The van der Waals surface area contributed by atoms with Crippen molar-refractivity contribution < 1.29 is 9.53 Å². The van der Waals surface area contributed by atoms with Crippen LogP contribution in [0.2, 0.25) is 0 Å². The summed E-state index contributed by atoms with van der Waals surface area (Å²) in [6, 6.07) is 9.53. The second-order valence-corrected chi connectivity index (χ2v) is 5.38. The summed E-state index contributed by atoms with van der Waals surface area (Å²) in [5, 5.41) is 14.1. The Balaban J connectivity index is 1.73. The van der Waals surface area contributed by atoms with Crippen molar-refractivity contribution >= 4 is 17.4 Å². The first-order valence-electron chi connectivity index (χ1n) is 7.22. The van der Waals surface area contributed by atoms with Gasteiger partial charge in [0.2, 0.25) is 0 Å². The largest absolute Gasteiger partial charge is 0.495 e. The monoisotopic (exact) mass is 298 g/mol. The van der Waals surface area contributed by atoms with Crippen LogP contribution in [0, 0.1) is 6.92 Å². The van der Waals surface area contributed by atoms with Gasteiger partial charge in [-0.3, -0.25) is 4.79 Å². The van der Waals surface area contributed by atoms with E-state index in [1.54, 1.807) is 19.2 Å². The van der Waals surface area contributed by atoms with Gasteiger partial charge in [-0.15, -0.1) is 10.2 Å². The first kappa shape index (κ1) is 14.3. The van der Waals surface area contributed by atoms with Gasteiger partial charge in [0, 0.05) is 6.04 Å². The average Bonchev–Trinajstić information content (AvgIpc) is 3.32. The van der Waals surface area contributed by atoms with Crippen molar-refractivity contribution in [3.8, 4) is 5.75 Å². The van der Waals surface area contributed by atoms with Crippen molar-refractivity contribution in [2.24, 2.45) is 0 Å². The highest BCUT2D eigenvalue weighted by Gasteiger charge is 2.24. The van der Waals surface area contributed by atoms with Crippen molar-refractivity contribution in [3.05, 3.63) is 41.6 Å². The van der Waals surface area contributed by atoms with Gasteiger partial charge in [0.05, 0.1) is 12.8 Å². The van der Waals surface area contributed by atoms with Gasteiger partial charge in [-0.2, -0.15) is 0 Å². The number of ether oxygens (including phenoxy) is 1. The molecule has 2 N–H and O–H groups in total. The van der Waals surface area contributed by atoms with Crippen molar-refractivity contribution in [2.45, 2.75) is 25.8 Å². The summed E-state index contributed by atoms with van der Waals surface area (Å²) < 4.78 is 5.31. The Morgan fingerprint density at radius 1 is 1.23 bits per heavy atom. The Bertz CT molecular complexity index is 681. The Morgan fingerprint density at radius 3 is 2.68 bits per heavy atom. The van der Waals surface area contributed by atoms with E-state index in [-0.39, 0.29) is 5.91 Å². The zero-order valence-electron chi connectivity index (χ0n) is 12.6. The molecule has 6 nitrogen and oxygen atoms in total. The van der Waals surface area contributed by atoms with Gasteiger partial charge in [-0.25, -0.2) is 0 Å². The Morgan fingerprint density at radius 2 is 2.05 bits per heavy atom. The molecule has 1 amide bonds. The molecular weight excluding hydrogens is 280 g/mol. The highest BCUT2D eigenvalue weighted by Crippen LogP contribution is 2.27. The van der Waals surface area contributed by atoms with Gasteiger partial charge < -0.3 is 15.4 Å². The van der Waals surface area contributed by atoms with Crippen LogP contribution in [0.4, 0.5) is 11.5 Å². The zero-order chi connectivity index (χ0) is 15.5. The molecular formula is C16H18N4O2. The Kier molecular flexibility index (Phi) is 3.91. The van der Waals surface area contributed by atoms with Gasteiger partial charge in [-0.1, -0.05) is 6.07 Å². The summed E-state index contributed by atoms with van der Waals surface area (Å²) in [7, 11) is 1.62. The van der Waals surface area contributed by atoms with Gasteiger partial charge in [-0.05, 0) is 49.6 Å². The number of nitrogens with zero attached hydrogens (tertiary/aromatic N) is 2. The third kappa shape index (κ3) is 3.33. The lowest BCUT2D eigenvalue weighted by atomic mass is 10.2. The smallest absolute Gasteiger partial charge is 0.272 e. The molecule has 6 heteroatoms. The number of aryl methyl sites for hydroxylation is 1. The molecule has 0 aliphatic heterocycles. The Hall–Kier alpha value is -2.63. The maximum absolute atomic E-state index is 11.9. The number of aromatic nitrogens is 2. The molecule has 2 aromatic rings. The van der Waals surface area contributed by atoms with E-state index in [1.165, 1.54) is 0 Å². The van der Waals surface area contributed by atoms with Gasteiger partial charge >= 0.3 is 0 Å². The van der Waals surface area contributed by atoms with Crippen LogP contribution in [0.3, 0.4) is 0 Å². The number of anilines is 2. The van der Waals surface area contributed by atoms with E-state index in [0.717, 1.165) is 29.8 Å². The van der Waals surface area contributed by atoms with Crippen LogP contribution in [-0.4, -0.2) is 29.3 Å². The van der Waals surface area contributed by atoms with E-state index in [9.17, 15) is 4.79 Å². The molecule has 1 fully saturated rings. The second-order valence-electron chi connectivity index (χ2n) is 5.38. The summed E-state index contributed by atoms with van der Waals surface area (Å²) in [5.74, 6) is 1.12. The van der Waals surface area contributed by atoms with Crippen molar-refractivity contribution in [1.29, 1.82) is 0 Å². The fourth-order valence-electron chi connectivity index (χ4n) is 2.06. The van der Waals surface area contributed by atoms with E-state index >= 15 is 0 Å². The highest BCUT2D eigenvalue weighted by molar-refractivity contribution is 5.92. The number of nitrogens with one attached hydrogen (secondary N) is 2. The molecule has 1 aliphatic rings. The number of carbonyl (C=O) groups is 1. The number of rotatable bonds is 5. The van der Waals surface area contributed by atoms with E-state index in [0.29, 0.717) is 17.6 Å². The van der Waals surface area contributed by atoms with E-state index < -0.39 is 0 Å². The lowest BCUT2D eigenvalue weighted by molar-refractivity contribution is 0.0945. The predicted octanol–water partition coefficient (Wildman–Crippen LogP) is 2.43. The molecule has 0 unspecified atom stereocenters. The normalized spacial score (nSPS) is 13.5. The van der Waals surface area contributed by atoms with Gasteiger partial charge in [0.25, 0.3) is 5.91 Å². The minimum absolute atomic E-state index is 0.172. The average molecular weight is 298 g/mol. The summed E-state index contributed by atoms with van der Waals surface area (Å²) in [6.45, 7) is 2.00. The zero-order valence-corrected chi connectivity index (χ0v) is 12.6. The molecule has 1 aromatic heterocycles. The molecule has 1 aliphatic carbocycles. The highest BCUT2D eigenvalue weighted by atomic mass is 16.5. The van der Waals surface area contributed by atoms with Crippen LogP contribution in [0.1, 0.15) is 28.9 Å². The first-order chi connectivity index (χ1) is 10.7. The fraction of sp³-hybridized carbons (Fsp3) is 0.312. The van der Waals surface area contributed by atoms with Crippen molar-refractivity contribution in [1.82, 2.24) is 15.5 Å².